The summed E-state index contributed by atoms with van der Waals surface area (Å²) in [5.74, 6) is 0. The van der Waals surface area contributed by atoms with Crippen LogP contribution in [0.25, 0.3) is 0 Å². The molecule has 8 heavy (non-hydrogen) atoms. The zero-order valence-electron chi connectivity index (χ0n) is 5.20. The second kappa shape index (κ2) is 3.22. The van der Waals surface area contributed by atoms with Crippen molar-refractivity contribution in [3.63, 3.8) is 0 Å². The Hall–Kier alpha value is 0.970. The molecule has 0 amide bonds. The molecular weight excluding hydrogens is 164 g/mol. The molecule has 0 aliphatic rings. The predicted octanol–water partition coefficient (Wildman–Crippen LogP) is 3.08. The molecule has 1 N–H and O–H groups in total. The molecule has 0 rings (SSSR count). The standard InChI is InChI=1S/C4H10Cl2NP/c1-4(2,3)7-8(5)6/h7H,1-3H3. The van der Waals surface area contributed by atoms with Crippen molar-refractivity contribution in [1.29, 1.82) is 0 Å². The fraction of sp³-hybridized carbons (Fsp3) is 1.00. The lowest BCUT2D eigenvalue weighted by atomic mass is 10.1. The molecule has 1 nitrogen and oxygen atoms in total. The van der Waals surface area contributed by atoms with Crippen molar-refractivity contribution < 1.29 is 0 Å². The largest absolute Gasteiger partial charge is 0.266 e. The monoisotopic (exact) mass is 173 g/mol. The highest BCUT2D eigenvalue weighted by Crippen LogP contribution is 2.43. The summed E-state index contributed by atoms with van der Waals surface area (Å²) in [7, 11) is 0. The van der Waals surface area contributed by atoms with E-state index in [1.165, 1.54) is 0 Å². The van der Waals surface area contributed by atoms with Crippen LogP contribution < -0.4 is 5.09 Å². The Kier molecular flexibility index (Phi) is 3.61. The maximum Gasteiger partial charge on any atom is 0.157 e. The Balaban J connectivity index is 3.39. The van der Waals surface area contributed by atoms with Crippen LogP contribution in [0, 0.1) is 0 Å². The average molecular weight is 174 g/mol. The van der Waals surface area contributed by atoms with E-state index in [-0.39, 0.29) is 5.54 Å². The van der Waals surface area contributed by atoms with Gasteiger partial charge in [-0.15, -0.1) is 0 Å². The normalized spacial score (nSPS) is 12.8. The highest BCUT2D eigenvalue weighted by atomic mass is 35.9. The van der Waals surface area contributed by atoms with Gasteiger partial charge in [-0.05, 0) is 20.8 Å². The summed E-state index contributed by atoms with van der Waals surface area (Å²) in [6, 6.07) is 0. The predicted molar refractivity (Wildman–Crippen MR) is 41.5 cm³/mol. The van der Waals surface area contributed by atoms with Crippen LogP contribution in [0.15, 0.2) is 0 Å². The molecular formula is C4H10Cl2NP. The Bertz CT molecular complexity index is 68.9. The highest BCUT2D eigenvalue weighted by molar-refractivity contribution is 8.02. The number of hydrogen-bond acceptors (Lipinski definition) is 1. The molecule has 0 saturated heterocycles. The van der Waals surface area contributed by atoms with Crippen molar-refractivity contribution >= 4 is 29.3 Å². The van der Waals surface area contributed by atoms with E-state index in [4.69, 9.17) is 22.5 Å². The van der Waals surface area contributed by atoms with Gasteiger partial charge < -0.3 is 0 Å². The van der Waals surface area contributed by atoms with Crippen LogP contribution in [0.1, 0.15) is 20.8 Å². The van der Waals surface area contributed by atoms with Crippen LogP contribution in [-0.4, -0.2) is 5.54 Å². The SMILES string of the molecule is CC(C)(C)NP(Cl)Cl. The lowest BCUT2D eigenvalue weighted by Crippen LogP contribution is -2.29. The van der Waals surface area contributed by atoms with E-state index in [9.17, 15) is 0 Å². The third kappa shape index (κ3) is 6.97. The van der Waals surface area contributed by atoms with Gasteiger partial charge in [0.05, 0.1) is 0 Å². The van der Waals surface area contributed by atoms with Crippen molar-refractivity contribution in [2.75, 3.05) is 0 Å². The van der Waals surface area contributed by atoms with Crippen molar-refractivity contribution in [2.45, 2.75) is 26.3 Å². The number of hydrogen-bond donors (Lipinski definition) is 1. The average Bonchev–Trinajstić information content (AvgIpc) is 1.21. The van der Waals surface area contributed by atoms with Crippen LogP contribution in [0.5, 0.6) is 0 Å². The van der Waals surface area contributed by atoms with E-state index >= 15 is 0 Å². The van der Waals surface area contributed by atoms with E-state index in [0.717, 1.165) is 0 Å². The molecule has 4 heteroatoms. The second-order valence-electron chi connectivity index (χ2n) is 2.59. The van der Waals surface area contributed by atoms with Crippen LogP contribution in [-0.2, 0) is 0 Å². The minimum absolute atomic E-state index is 0.0369. The first-order valence-electron chi connectivity index (χ1n) is 2.31. The van der Waals surface area contributed by atoms with Crippen LogP contribution in [0.2, 0.25) is 0 Å². The maximum atomic E-state index is 5.48. The van der Waals surface area contributed by atoms with E-state index < -0.39 is 6.78 Å². The zero-order valence-corrected chi connectivity index (χ0v) is 7.61. The van der Waals surface area contributed by atoms with E-state index in [2.05, 4.69) is 5.09 Å². The molecule has 0 fully saturated rings. The van der Waals surface area contributed by atoms with Crippen molar-refractivity contribution in [1.82, 2.24) is 5.09 Å². The minimum Gasteiger partial charge on any atom is -0.266 e. The molecule has 0 saturated carbocycles. The Morgan fingerprint density at radius 1 is 1.25 bits per heavy atom. The molecule has 50 valence electrons. The first kappa shape index (κ1) is 8.97. The van der Waals surface area contributed by atoms with Gasteiger partial charge in [0.1, 0.15) is 0 Å². The Labute approximate surface area is 61.1 Å². The fourth-order valence-corrected chi connectivity index (χ4v) is 2.28. The fourth-order valence-electron chi connectivity index (χ4n) is 0.254. The quantitative estimate of drug-likeness (QED) is 0.602. The molecule has 0 bridgehead atoms. The topological polar surface area (TPSA) is 12.0 Å². The van der Waals surface area contributed by atoms with Gasteiger partial charge in [-0.3, -0.25) is 5.09 Å². The lowest BCUT2D eigenvalue weighted by Gasteiger charge is -2.19. The molecule has 0 aliphatic heterocycles. The summed E-state index contributed by atoms with van der Waals surface area (Å²) >= 11 is 11.0. The summed E-state index contributed by atoms with van der Waals surface area (Å²) in [6.07, 6.45) is 0. The molecule has 0 aliphatic carbocycles. The van der Waals surface area contributed by atoms with Crippen LogP contribution in [0.3, 0.4) is 0 Å². The van der Waals surface area contributed by atoms with Gasteiger partial charge in [0.2, 0.25) is 0 Å². The van der Waals surface area contributed by atoms with Gasteiger partial charge in [0.15, 0.2) is 6.78 Å². The molecule has 0 heterocycles. The third-order valence-electron chi connectivity index (χ3n) is 0.420. The van der Waals surface area contributed by atoms with E-state index in [1.54, 1.807) is 0 Å². The maximum absolute atomic E-state index is 5.48. The lowest BCUT2D eigenvalue weighted by molar-refractivity contribution is 0.533. The third-order valence-corrected chi connectivity index (χ3v) is 1.77. The smallest absolute Gasteiger partial charge is 0.157 e. The first-order chi connectivity index (χ1) is 3.42. The van der Waals surface area contributed by atoms with Crippen LogP contribution in [0.4, 0.5) is 0 Å². The molecule has 0 aromatic rings. The zero-order chi connectivity index (χ0) is 6.78. The summed E-state index contributed by atoms with van der Waals surface area (Å²) in [5, 5.41) is 2.98. The minimum atomic E-state index is -0.994. The molecule has 0 atom stereocenters. The summed E-state index contributed by atoms with van der Waals surface area (Å²) in [4.78, 5) is 0. The van der Waals surface area contributed by atoms with Crippen molar-refractivity contribution in [3.8, 4) is 0 Å². The summed E-state index contributed by atoms with van der Waals surface area (Å²) in [5.41, 5.74) is 0.0369. The molecule has 0 aromatic heterocycles. The van der Waals surface area contributed by atoms with E-state index in [1.807, 2.05) is 20.8 Å². The summed E-state index contributed by atoms with van der Waals surface area (Å²) < 4.78 is 0. The van der Waals surface area contributed by atoms with Gasteiger partial charge >= 0.3 is 0 Å². The van der Waals surface area contributed by atoms with Crippen LogP contribution >= 0.6 is 29.3 Å². The number of rotatable bonds is 1. The number of nitrogens with one attached hydrogen (secondary N) is 1. The van der Waals surface area contributed by atoms with E-state index in [0.29, 0.717) is 0 Å². The Morgan fingerprint density at radius 3 is 1.62 bits per heavy atom. The molecule has 0 spiro atoms. The van der Waals surface area contributed by atoms with Gasteiger partial charge in [0, 0.05) is 5.54 Å². The van der Waals surface area contributed by atoms with Crippen molar-refractivity contribution in [3.05, 3.63) is 0 Å². The second-order valence-corrected chi connectivity index (χ2v) is 5.83. The molecule has 0 unspecified atom stereocenters. The van der Waals surface area contributed by atoms with Gasteiger partial charge in [-0.25, -0.2) is 0 Å². The molecule has 0 radical (unpaired) electrons. The highest BCUT2D eigenvalue weighted by Gasteiger charge is 2.12. The van der Waals surface area contributed by atoms with Gasteiger partial charge in [-0.2, -0.15) is 0 Å². The van der Waals surface area contributed by atoms with Gasteiger partial charge in [0.25, 0.3) is 0 Å². The Morgan fingerprint density at radius 2 is 1.62 bits per heavy atom. The summed E-state index contributed by atoms with van der Waals surface area (Å²) in [6.45, 7) is 5.07. The first-order valence-corrected chi connectivity index (χ1v) is 5.46. The van der Waals surface area contributed by atoms with Gasteiger partial charge in [-0.1, -0.05) is 22.5 Å². The molecule has 0 aromatic carbocycles. The number of halogens is 2. The van der Waals surface area contributed by atoms with Crippen molar-refractivity contribution in [2.24, 2.45) is 0 Å².